The molecule has 1 unspecified atom stereocenters. The Morgan fingerprint density at radius 3 is 2.89 bits per heavy atom. The first-order chi connectivity index (χ1) is 13.7. The van der Waals surface area contributed by atoms with Crippen LogP contribution in [-0.4, -0.2) is 53.6 Å². The Hall–Kier alpha value is -2.38. The molecule has 144 valence electrons. The first kappa shape index (κ1) is 17.7. The molecule has 1 amide bonds. The van der Waals surface area contributed by atoms with E-state index in [-0.39, 0.29) is 11.8 Å². The predicted octanol–water partition coefficient (Wildman–Crippen LogP) is 3.24. The predicted molar refractivity (Wildman–Crippen MR) is 110 cm³/mol. The molecular formula is C20H19ClN4O2S. The van der Waals surface area contributed by atoms with Crippen molar-refractivity contribution in [3.05, 3.63) is 46.6 Å². The topological polar surface area (TPSA) is 58.6 Å². The number of rotatable bonds is 2. The van der Waals surface area contributed by atoms with Crippen LogP contribution in [0.15, 0.2) is 36.0 Å². The molecule has 4 heterocycles. The maximum atomic E-state index is 13.0. The van der Waals surface area contributed by atoms with Gasteiger partial charge >= 0.3 is 0 Å². The van der Waals surface area contributed by atoms with Gasteiger partial charge in [-0.2, -0.15) is 0 Å². The number of fused-ring (bicyclic) bond motifs is 2. The van der Waals surface area contributed by atoms with E-state index in [0.29, 0.717) is 31.1 Å². The molecule has 2 aromatic heterocycles. The highest BCUT2D eigenvalue weighted by Crippen LogP contribution is 2.31. The normalized spacial score (nSPS) is 19.4. The molecule has 0 saturated carbocycles. The van der Waals surface area contributed by atoms with Crippen LogP contribution in [0.2, 0.25) is 5.02 Å². The second-order valence-electron chi connectivity index (χ2n) is 7.11. The van der Waals surface area contributed by atoms with E-state index in [1.165, 1.54) is 0 Å². The van der Waals surface area contributed by atoms with Gasteiger partial charge in [-0.25, -0.2) is 9.97 Å². The summed E-state index contributed by atoms with van der Waals surface area (Å²) in [6, 6.07) is 7.66. The molecule has 2 aliphatic heterocycles. The van der Waals surface area contributed by atoms with Crippen molar-refractivity contribution >= 4 is 44.9 Å². The third-order valence-electron chi connectivity index (χ3n) is 5.41. The number of aromatic nitrogens is 2. The molecule has 8 heteroatoms. The number of hydrogen-bond acceptors (Lipinski definition) is 6. The van der Waals surface area contributed by atoms with Gasteiger partial charge in [0.2, 0.25) is 5.91 Å². The van der Waals surface area contributed by atoms with Crippen molar-refractivity contribution in [1.82, 2.24) is 14.9 Å². The zero-order chi connectivity index (χ0) is 19.1. The summed E-state index contributed by atoms with van der Waals surface area (Å²) in [5, 5.41) is 3.80. The lowest BCUT2D eigenvalue weighted by Crippen LogP contribution is -2.52. The molecule has 1 fully saturated rings. The number of amides is 1. The summed E-state index contributed by atoms with van der Waals surface area (Å²) < 4.78 is 5.80. The van der Waals surface area contributed by atoms with Gasteiger partial charge in [-0.3, -0.25) is 4.79 Å². The number of hydrogen-bond donors (Lipinski definition) is 0. The third kappa shape index (κ3) is 3.18. The van der Waals surface area contributed by atoms with E-state index >= 15 is 0 Å². The van der Waals surface area contributed by atoms with Crippen LogP contribution in [0.25, 0.3) is 10.2 Å². The number of benzene rings is 1. The summed E-state index contributed by atoms with van der Waals surface area (Å²) in [5.74, 6) is 1.80. The molecule has 28 heavy (non-hydrogen) atoms. The number of piperazine rings is 1. The standard InChI is InChI=1S/C20H19ClN4O2S/c21-15-1-2-17-13(10-15)9-14(11-27-17)20(26)25-6-4-24(5-7-25)18-16-3-8-28-19(16)23-12-22-18/h1-3,8,10,12,14H,4-7,9,11H2. The van der Waals surface area contributed by atoms with Crippen LogP contribution in [0.4, 0.5) is 5.82 Å². The molecule has 1 atom stereocenters. The SMILES string of the molecule is O=C(C1COc2ccc(Cl)cc2C1)N1CCN(c2ncnc3sccc23)CC1. The van der Waals surface area contributed by atoms with Crippen molar-refractivity contribution in [2.75, 3.05) is 37.7 Å². The lowest BCUT2D eigenvalue weighted by molar-refractivity contribution is -0.137. The molecule has 3 aromatic rings. The van der Waals surface area contributed by atoms with Gasteiger partial charge in [-0.15, -0.1) is 11.3 Å². The van der Waals surface area contributed by atoms with E-state index in [2.05, 4.69) is 20.9 Å². The van der Waals surface area contributed by atoms with Crippen LogP contribution >= 0.6 is 22.9 Å². The third-order valence-corrected chi connectivity index (χ3v) is 6.47. The largest absolute Gasteiger partial charge is 0.492 e. The smallest absolute Gasteiger partial charge is 0.229 e. The quantitative estimate of drug-likeness (QED) is 0.644. The first-order valence-corrected chi connectivity index (χ1v) is 10.6. The molecular weight excluding hydrogens is 396 g/mol. The first-order valence-electron chi connectivity index (χ1n) is 9.32. The zero-order valence-electron chi connectivity index (χ0n) is 15.2. The van der Waals surface area contributed by atoms with Gasteiger partial charge in [-0.05, 0) is 41.6 Å². The number of carbonyl (C=O) groups is 1. The molecule has 0 bridgehead atoms. The van der Waals surface area contributed by atoms with Crippen molar-refractivity contribution in [2.24, 2.45) is 5.92 Å². The summed E-state index contributed by atoms with van der Waals surface area (Å²) in [7, 11) is 0. The van der Waals surface area contributed by atoms with E-state index in [0.717, 1.165) is 40.4 Å². The monoisotopic (exact) mass is 414 g/mol. The Bertz CT molecular complexity index is 1030. The minimum atomic E-state index is -0.153. The Balaban J connectivity index is 1.26. The molecule has 1 aromatic carbocycles. The zero-order valence-corrected chi connectivity index (χ0v) is 16.7. The van der Waals surface area contributed by atoms with Gasteiger partial charge in [0.15, 0.2) is 0 Å². The van der Waals surface area contributed by atoms with Crippen LogP contribution in [0.1, 0.15) is 5.56 Å². The van der Waals surface area contributed by atoms with E-state index in [1.54, 1.807) is 17.7 Å². The average Bonchev–Trinajstić information content (AvgIpc) is 3.22. The number of halogens is 1. The fourth-order valence-electron chi connectivity index (χ4n) is 3.95. The van der Waals surface area contributed by atoms with Gasteiger partial charge in [0, 0.05) is 31.2 Å². The highest BCUT2D eigenvalue weighted by Gasteiger charge is 2.32. The number of anilines is 1. The average molecular weight is 415 g/mol. The minimum Gasteiger partial charge on any atom is -0.492 e. The fraction of sp³-hybridized carbons (Fsp3) is 0.350. The van der Waals surface area contributed by atoms with Gasteiger partial charge in [-0.1, -0.05) is 11.6 Å². The minimum absolute atomic E-state index is 0.153. The number of ether oxygens (including phenoxy) is 1. The van der Waals surface area contributed by atoms with Crippen LogP contribution in [0.5, 0.6) is 5.75 Å². The van der Waals surface area contributed by atoms with Crippen molar-refractivity contribution in [1.29, 1.82) is 0 Å². The molecule has 5 rings (SSSR count). The lowest BCUT2D eigenvalue weighted by Gasteiger charge is -2.37. The van der Waals surface area contributed by atoms with E-state index in [4.69, 9.17) is 16.3 Å². The highest BCUT2D eigenvalue weighted by atomic mass is 35.5. The summed E-state index contributed by atoms with van der Waals surface area (Å²) in [6.07, 6.45) is 2.30. The van der Waals surface area contributed by atoms with E-state index < -0.39 is 0 Å². The Labute approximate surface area is 171 Å². The van der Waals surface area contributed by atoms with Crippen molar-refractivity contribution in [3.8, 4) is 5.75 Å². The van der Waals surface area contributed by atoms with Crippen LogP contribution < -0.4 is 9.64 Å². The van der Waals surface area contributed by atoms with Gasteiger partial charge in [0.05, 0.1) is 11.3 Å². The van der Waals surface area contributed by atoms with Crippen LogP contribution in [0, 0.1) is 5.92 Å². The Kier molecular flexibility index (Phi) is 4.56. The molecule has 0 spiro atoms. The van der Waals surface area contributed by atoms with Gasteiger partial charge < -0.3 is 14.5 Å². The molecule has 2 aliphatic rings. The summed E-state index contributed by atoms with van der Waals surface area (Å²) >= 11 is 7.71. The van der Waals surface area contributed by atoms with Crippen molar-refractivity contribution < 1.29 is 9.53 Å². The fourth-order valence-corrected chi connectivity index (χ4v) is 4.87. The summed E-state index contributed by atoms with van der Waals surface area (Å²) in [6.45, 7) is 3.34. The maximum Gasteiger partial charge on any atom is 0.229 e. The second kappa shape index (κ2) is 7.22. The summed E-state index contributed by atoms with van der Waals surface area (Å²) in [4.78, 5) is 27.0. The van der Waals surface area contributed by atoms with Crippen LogP contribution in [-0.2, 0) is 11.2 Å². The number of nitrogens with zero attached hydrogens (tertiary/aromatic N) is 4. The molecule has 0 aliphatic carbocycles. The summed E-state index contributed by atoms with van der Waals surface area (Å²) in [5.41, 5.74) is 1.01. The molecule has 0 radical (unpaired) electrons. The number of thiophene rings is 1. The Morgan fingerprint density at radius 2 is 2.04 bits per heavy atom. The lowest BCUT2D eigenvalue weighted by atomic mass is 9.95. The highest BCUT2D eigenvalue weighted by molar-refractivity contribution is 7.16. The molecule has 0 N–H and O–H groups in total. The van der Waals surface area contributed by atoms with E-state index in [1.807, 2.05) is 28.5 Å². The maximum absolute atomic E-state index is 13.0. The van der Waals surface area contributed by atoms with Crippen LogP contribution in [0.3, 0.4) is 0 Å². The molecule has 1 saturated heterocycles. The van der Waals surface area contributed by atoms with E-state index in [9.17, 15) is 4.79 Å². The number of carbonyl (C=O) groups excluding carboxylic acids is 1. The van der Waals surface area contributed by atoms with Gasteiger partial charge in [0.25, 0.3) is 0 Å². The van der Waals surface area contributed by atoms with Crippen molar-refractivity contribution in [3.63, 3.8) is 0 Å². The Morgan fingerprint density at radius 1 is 1.18 bits per heavy atom. The van der Waals surface area contributed by atoms with Crippen molar-refractivity contribution in [2.45, 2.75) is 6.42 Å². The second-order valence-corrected chi connectivity index (χ2v) is 8.44. The van der Waals surface area contributed by atoms with Gasteiger partial charge in [0.1, 0.15) is 29.3 Å². The molecule has 6 nitrogen and oxygen atoms in total.